The predicted molar refractivity (Wildman–Crippen MR) is 73.5 cm³/mol. The standard InChI is InChI=1S/C12H19N5O4/c1-7(2)16-10(18)5-14-12(21)17-9(11(19)20)3-8-4-13-6-15-8/h4,6-7,9H,3,5H2,1-2H3,(H,13,15)(H,16,18)(H,19,20)(H2,14,17,21). The maximum absolute atomic E-state index is 11.6. The maximum Gasteiger partial charge on any atom is 0.326 e. The minimum atomic E-state index is -1.17. The molecule has 1 aromatic rings. The van der Waals surface area contributed by atoms with E-state index >= 15 is 0 Å². The van der Waals surface area contributed by atoms with E-state index < -0.39 is 18.0 Å². The number of aliphatic carboxylic acids is 1. The van der Waals surface area contributed by atoms with Crippen LogP contribution in [0.5, 0.6) is 0 Å². The molecule has 0 saturated carbocycles. The Bertz CT molecular complexity index is 486. The lowest BCUT2D eigenvalue weighted by molar-refractivity contribution is -0.139. The van der Waals surface area contributed by atoms with Crippen LogP contribution < -0.4 is 16.0 Å². The monoisotopic (exact) mass is 297 g/mol. The number of carboxylic acids is 1. The highest BCUT2D eigenvalue weighted by atomic mass is 16.4. The summed E-state index contributed by atoms with van der Waals surface area (Å²) in [5.41, 5.74) is 0.584. The number of carboxylic acid groups (broad SMARTS) is 1. The smallest absolute Gasteiger partial charge is 0.326 e. The average molecular weight is 297 g/mol. The average Bonchev–Trinajstić information content (AvgIpc) is 2.87. The number of rotatable bonds is 7. The number of H-pyrrole nitrogens is 1. The molecule has 9 heteroatoms. The number of amides is 3. The lowest BCUT2D eigenvalue weighted by atomic mass is 10.2. The second-order valence-corrected chi connectivity index (χ2v) is 4.72. The van der Waals surface area contributed by atoms with Gasteiger partial charge in [-0.3, -0.25) is 4.79 Å². The Labute approximate surface area is 121 Å². The van der Waals surface area contributed by atoms with Crippen LogP contribution in [0.1, 0.15) is 19.5 Å². The Hall–Kier alpha value is -2.58. The first-order valence-electron chi connectivity index (χ1n) is 6.42. The van der Waals surface area contributed by atoms with Crippen LogP contribution in [0.15, 0.2) is 12.5 Å². The van der Waals surface area contributed by atoms with Crippen molar-refractivity contribution >= 4 is 17.9 Å². The van der Waals surface area contributed by atoms with Crippen molar-refractivity contribution in [3.8, 4) is 0 Å². The van der Waals surface area contributed by atoms with Crippen LogP contribution in [0.2, 0.25) is 0 Å². The Morgan fingerprint density at radius 2 is 2.05 bits per heavy atom. The van der Waals surface area contributed by atoms with Gasteiger partial charge in [-0.2, -0.15) is 0 Å². The minimum Gasteiger partial charge on any atom is -0.480 e. The van der Waals surface area contributed by atoms with Gasteiger partial charge < -0.3 is 26.0 Å². The lowest BCUT2D eigenvalue weighted by Gasteiger charge is -2.14. The summed E-state index contributed by atoms with van der Waals surface area (Å²) < 4.78 is 0. The van der Waals surface area contributed by atoms with Crippen LogP contribution in [0.3, 0.4) is 0 Å². The van der Waals surface area contributed by atoms with Gasteiger partial charge in [0.1, 0.15) is 6.04 Å². The Morgan fingerprint density at radius 1 is 1.33 bits per heavy atom. The fourth-order valence-electron chi connectivity index (χ4n) is 1.56. The van der Waals surface area contributed by atoms with Crippen molar-refractivity contribution in [3.05, 3.63) is 18.2 Å². The molecule has 9 nitrogen and oxygen atoms in total. The number of carbonyl (C=O) groups excluding carboxylic acids is 2. The molecule has 1 unspecified atom stereocenters. The summed E-state index contributed by atoms with van der Waals surface area (Å²) in [6.45, 7) is 3.37. The van der Waals surface area contributed by atoms with E-state index in [1.807, 2.05) is 0 Å². The third-order valence-electron chi connectivity index (χ3n) is 2.44. The van der Waals surface area contributed by atoms with Crippen molar-refractivity contribution in [2.45, 2.75) is 32.4 Å². The van der Waals surface area contributed by atoms with Crippen molar-refractivity contribution in [1.82, 2.24) is 25.9 Å². The van der Waals surface area contributed by atoms with Crippen LogP contribution >= 0.6 is 0 Å². The molecular formula is C12H19N5O4. The van der Waals surface area contributed by atoms with Gasteiger partial charge in [0.2, 0.25) is 5.91 Å². The summed E-state index contributed by atoms with van der Waals surface area (Å²) >= 11 is 0. The van der Waals surface area contributed by atoms with E-state index in [0.29, 0.717) is 5.69 Å². The Kier molecular flexibility index (Phi) is 6.18. The second-order valence-electron chi connectivity index (χ2n) is 4.72. The zero-order valence-corrected chi connectivity index (χ0v) is 11.8. The van der Waals surface area contributed by atoms with E-state index in [-0.39, 0.29) is 24.9 Å². The molecule has 0 bridgehead atoms. The normalized spacial score (nSPS) is 11.8. The van der Waals surface area contributed by atoms with E-state index in [0.717, 1.165) is 0 Å². The van der Waals surface area contributed by atoms with Gasteiger partial charge in [0, 0.05) is 24.4 Å². The van der Waals surface area contributed by atoms with E-state index in [2.05, 4.69) is 25.9 Å². The first kappa shape index (κ1) is 16.5. The molecule has 0 aliphatic rings. The highest BCUT2D eigenvalue weighted by Gasteiger charge is 2.21. The molecule has 0 radical (unpaired) electrons. The van der Waals surface area contributed by atoms with Gasteiger partial charge >= 0.3 is 12.0 Å². The number of imidazole rings is 1. The van der Waals surface area contributed by atoms with Crippen LogP contribution in [-0.2, 0) is 16.0 Å². The number of urea groups is 1. The summed E-state index contributed by atoms with van der Waals surface area (Å²) in [6.07, 6.45) is 2.97. The zero-order chi connectivity index (χ0) is 15.8. The number of hydrogen-bond donors (Lipinski definition) is 5. The number of nitrogens with one attached hydrogen (secondary N) is 4. The molecular weight excluding hydrogens is 278 g/mol. The van der Waals surface area contributed by atoms with Crippen molar-refractivity contribution in [1.29, 1.82) is 0 Å². The molecule has 0 spiro atoms. The quantitative estimate of drug-likeness (QED) is 0.450. The molecule has 5 N–H and O–H groups in total. The van der Waals surface area contributed by atoms with Crippen molar-refractivity contribution in [2.24, 2.45) is 0 Å². The molecule has 21 heavy (non-hydrogen) atoms. The van der Waals surface area contributed by atoms with Gasteiger partial charge in [0.25, 0.3) is 0 Å². The molecule has 0 saturated heterocycles. The minimum absolute atomic E-state index is 0.0329. The number of aromatic nitrogens is 2. The van der Waals surface area contributed by atoms with Crippen LogP contribution in [0.25, 0.3) is 0 Å². The van der Waals surface area contributed by atoms with Crippen molar-refractivity contribution in [2.75, 3.05) is 6.54 Å². The molecule has 1 heterocycles. The van der Waals surface area contributed by atoms with Gasteiger partial charge in [-0.1, -0.05) is 0 Å². The van der Waals surface area contributed by atoms with Gasteiger partial charge in [-0.25, -0.2) is 14.6 Å². The first-order chi connectivity index (χ1) is 9.88. The SMILES string of the molecule is CC(C)NC(=O)CNC(=O)NC(Cc1cnc[nH]1)C(=O)O. The maximum atomic E-state index is 11.6. The summed E-state index contributed by atoms with van der Waals surface area (Å²) in [7, 11) is 0. The van der Waals surface area contributed by atoms with Crippen molar-refractivity contribution < 1.29 is 19.5 Å². The van der Waals surface area contributed by atoms with E-state index in [9.17, 15) is 14.4 Å². The summed E-state index contributed by atoms with van der Waals surface area (Å²) in [6, 6.07) is -1.87. The van der Waals surface area contributed by atoms with E-state index in [1.165, 1.54) is 12.5 Å². The second kappa shape index (κ2) is 7.88. The zero-order valence-electron chi connectivity index (χ0n) is 11.8. The first-order valence-corrected chi connectivity index (χ1v) is 6.42. The third kappa shape index (κ3) is 6.41. The topological polar surface area (TPSA) is 136 Å². The van der Waals surface area contributed by atoms with Crippen LogP contribution in [0, 0.1) is 0 Å². The van der Waals surface area contributed by atoms with Crippen LogP contribution in [0.4, 0.5) is 4.79 Å². The van der Waals surface area contributed by atoms with Gasteiger partial charge in [-0.15, -0.1) is 0 Å². The van der Waals surface area contributed by atoms with Gasteiger partial charge in [0.15, 0.2) is 0 Å². The molecule has 116 valence electrons. The Balaban J connectivity index is 2.42. The fourth-order valence-corrected chi connectivity index (χ4v) is 1.56. The molecule has 0 aromatic carbocycles. The summed E-state index contributed by atoms with van der Waals surface area (Å²) in [5.74, 6) is -1.52. The molecule has 0 aliphatic heterocycles. The Morgan fingerprint density at radius 3 is 2.57 bits per heavy atom. The van der Waals surface area contributed by atoms with E-state index in [4.69, 9.17) is 5.11 Å². The number of aromatic amines is 1. The lowest BCUT2D eigenvalue weighted by Crippen LogP contribution is -2.49. The fraction of sp³-hybridized carbons (Fsp3) is 0.500. The number of carbonyl (C=O) groups is 3. The van der Waals surface area contributed by atoms with Crippen molar-refractivity contribution in [3.63, 3.8) is 0 Å². The largest absolute Gasteiger partial charge is 0.480 e. The van der Waals surface area contributed by atoms with Crippen LogP contribution in [-0.4, -0.2) is 51.6 Å². The highest BCUT2D eigenvalue weighted by Crippen LogP contribution is 1.98. The van der Waals surface area contributed by atoms with Gasteiger partial charge in [0.05, 0.1) is 12.9 Å². The molecule has 1 atom stereocenters. The predicted octanol–water partition coefficient (Wildman–Crippen LogP) is -0.771. The molecule has 1 rings (SSSR count). The highest BCUT2D eigenvalue weighted by molar-refractivity contribution is 5.86. The summed E-state index contributed by atoms with van der Waals surface area (Å²) in [5, 5.41) is 16.2. The third-order valence-corrected chi connectivity index (χ3v) is 2.44. The molecule has 0 fully saturated rings. The number of nitrogens with zero attached hydrogens (tertiary/aromatic N) is 1. The number of hydrogen-bond acceptors (Lipinski definition) is 4. The molecule has 1 aromatic heterocycles. The molecule has 3 amide bonds. The molecule has 0 aliphatic carbocycles. The summed E-state index contributed by atoms with van der Waals surface area (Å²) in [4.78, 5) is 40.6. The van der Waals surface area contributed by atoms with E-state index in [1.54, 1.807) is 13.8 Å². The van der Waals surface area contributed by atoms with Gasteiger partial charge in [-0.05, 0) is 13.8 Å².